The monoisotopic (exact) mass is 395 g/mol. The maximum Gasteiger partial charge on any atom is 0.256 e. The molecule has 1 atom stereocenters. The van der Waals surface area contributed by atoms with Crippen molar-refractivity contribution in [2.24, 2.45) is 5.41 Å². The first-order valence-electron chi connectivity index (χ1n) is 9.49. The van der Waals surface area contributed by atoms with Gasteiger partial charge in [0.05, 0.1) is 18.2 Å². The molecule has 0 saturated heterocycles. The normalized spacial score (nSPS) is 22.2. The Hall–Kier alpha value is -3.16. The molecule has 1 aliphatic heterocycles. The number of H-pyrrole nitrogens is 1. The second kappa shape index (κ2) is 5.46. The van der Waals surface area contributed by atoms with Crippen LogP contribution in [0.1, 0.15) is 18.5 Å². The summed E-state index contributed by atoms with van der Waals surface area (Å²) in [7, 11) is 0. The number of nitrogens with one attached hydrogen (secondary N) is 1. The molecule has 0 amide bonds. The topological polar surface area (TPSA) is 59.4 Å². The Kier molecular flexibility index (Phi) is 3.16. The van der Waals surface area contributed by atoms with Crippen molar-refractivity contribution in [3.05, 3.63) is 54.2 Å². The average Bonchev–Trinajstić information content (AvgIpc) is 3.09. The zero-order valence-corrected chi connectivity index (χ0v) is 15.3. The van der Waals surface area contributed by atoms with Crippen LogP contribution in [0.2, 0.25) is 0 Å². The Bertz CT molecular complexity index is 1260. The molecule has 2 aliphatic rings. The Labute approximate surface area is 163 Å². The van der Waals surface area contributed by atoms with E-state index in [-0.39, 0.29) is 18.8 Å². The minimum absolute atomic E-state index is 0.0816. The molecule has 29 heavy (non-hydrogen) atoms. The second-order valence-electron chi connectivity index (χ2n) is 7.99. The van der Waals surface area contributed by atoms with Crippen LogP contribution in [0.25, 0.3) is 33.4 Å². The first-order chi connectivity index (χ1) is 14.0. The fourth-order valence-corrected chi connectivity index (χ4v) is 4.59. The molecular weight excluding hydrogens is 379 g/mol. The largest absolute Gasteiger partial charge is 0.268 e. The highest BCUT2D eigenvalue weighted by atomic mass is 19.3. The Morgan fingerprint density at radius 3 is 2.66 bits per heavy atom. The molecule has 146 valence electrons. The molecule has 1 unspecified atom stereocenters. The highest BCUT2D eigenvalue weighted by Gasteiger charge is 2.71. The summed E-state index contributed by atoms with van der Waals surface area (Å²) in [6.45, 7) is 0.198. The van der Waals surface area contributed by atoms with Gasteiger partial charge in [0.15, 0.2) is 5.65 Å². The van der Waals surface area contributed by atoms with Gasteiger partial charge in [0.25, 0.3) is 5.92 Å². The fourth-order valence-electron chi connectivity index (χ4n) is 4.59. The summed E-state index contributed by atoms with van der Waals surface area (Å²) in [6, 6.07) is 7.99. The first-order valence-corrected chi connectivity index (χ1v) is 9.49. The molecule has 1 aliphatic carbocycles. The maximum absolute atomic E-state index is 14.0. The summed E-state index contributed by atoms with van der Waals surface area (Å²) in [4.78, 5) is 4.30. The number of pyridine rings is 1. The molecule has 4 heterocycles. The van der Waals surface area contributed by atoms with Gasteiger partial charge in [-0.15, -0.1) is 0 Å². The van der Waals surface area contributed by atoms with Crippen LogP contribution in [0.15, 0.2) is 42.7 Å². The average molecular weight is 395 g/mol. The summed E-state index contributed by atoms with van der Waals surface area (Å²) in [6.07, 6.45) is 4.26. The van der Waals surface area contributed by atoms with Crippen LogP contribution in [0.5, 0.6) is 0 Å². The quantitative estimate of drug-likeness (QED) is 0.540. The van der Waals surface area contributed by atoms with Gasteiger partial charge in [-0.05, 0) is 48.7 Å². The van der Waals surface area contributed by atoms with Gasteiger partial charge in [0, 0.05) is 34.8 Å². The van der Waals surface area contributed by atoms with Crippen molar-refractivity contribution < 1.29 is 13.2 Å². The van der Waals surface area contributed by atoms with Crippen LogP contribution in [0.4, 0.5) is 13.2 Å². The van der Waals surface area contributed by atoms with Crippen molar-refractivity contribution in [2.75, 3.05) is 0 Å². The summed E-state index contributed by atoms with van der Waals surface area (Å²) < 4.78 is 43.3. The number of aromatic nitrogens is 5. The van der Waals surface area contributed by atoms with Crippen molar-refractivity contribution in [1.82, 2.24) is 25.0 Å². The minimum atomic E-state index is -2.62. The molecule has 1 spiro atoms. The zero-order chi connectivity index (χ0) is 19.8. The summed E-state index contributed by atoms with van der Waals surface area (Å²) in [5.41, 5.74) is 3.77. The van der Waals surface area contributed by atoms with Crippen molar-refractivity contribution in [3.63, 3.8) is 0 Å². The lowest BCUT2D eigenvalue weighted by Crippen LogP contribution is -2.27. The van der Waals surface area contributed by atoms with E-state index in [4.69, 9.17) is 5.10 Å². The molecule has 5 nitrogen and oxygen atoms in total. The Morgan fingerprint density at radius 1 is 1.10 bits per heavy atom. The van der Waals surface area contributed by atoms with Crippen LogP contribution in [-0.4, -0.2) is 30.9 Å². The SMILES string of the molecule is Fc1ccc(-c2nn3c(c2-c2ccnc4[nH]ncc24)CCC2(C3)CC2(F)F)cc1. The van der Waals surface area contributed by atoms with Gasteiger partial charge in [0.2, 0.25) is 0 Å². The van der Waals surface area contributed by atoms with Crippen LogP contribution in [0, 0.1) is 11.2 Å². The Morgan fingerprint density at radius 2 is 1.90 bits per heavy atom. The number of fused-ring (bicyclic) bond motifs is 2. The number of halogens is 3. The molecular formula is C21H16F3N5. The van der Waals surface area contributed by atoms with Gasteiger partial charge in [-0.2, -0.15) is 10.2 Å². The number of alkyl halides is 2. The number of hydrogen-bond donors (Lipinski definition) is 1. The molecule has 1 aromatic carbocycles. The minimum Gasteiger partial charge on any atom is -0.268 e. The van der Waals surface area contributed by atoms with E-state index in [2.05, 4.69) is 15.2 Å². The predicted octanol–water partition coefficient (Wildman–Crippen LogP) is 4.60. The van der Waals surface area contributed by atoms with E-state index in [9.17, 15) is 13.2 Å². The number of benzene rings is 1. The van der Waals surface area contributed by atoms with E-state index in [1.165, 1.54) is 12.1 Å². The molecule has 6 rings (SSSR count). The number of nitrogens with zero attached hydrogens (tertiary/aromatic N) is 4. The maximum atomic E-state index is 14.0. The lowest BCUT2D eigenvalue weighted by molar-refractivity contribution is 0.0462. The van der Waals surface area contributed by atoms with Crippen LogP contribution in [0.3, 0.4) is 0 Å². The first kappa shape index (κ1) is 16.8. The Balaban J connectivity index is 1.59. The number of hydrogen-bond acceptors (Lipinski definition) is 3. The van der Waals surface area contributed by atoms with E-state index >= 15 is 0 Å². The van der Waals surface area contributed by atoms with Gasteiger partial charge in [-0.25, -0.2) is 18.2 Å². The van der Waals surface area contributed by atoms with E-state index in [0.29, 0.717) is 24.2 Å². The molecule has 1 N–H and O–H groups in total. The molecule has 3 aromatic heterocycles. The third-order valence-corrected chi connectivity index (χ3v) is 6.30. The second-order valence-corrected chi connectivity index (χ2v) is 7.99. The number of aromatic amines is 1. The third-order valence-electron chi connectivity index (χ3n) is 6.30. The van der Waals surface area contributed by atoms with E-state index in [1.807, 2.05) is 6.07 Å². The molecule has 1 fully saturated rings. The number of rotatable bonds is 2. The summed E-state index contributed by atoms with van der Waals surface area (Å²) >= 11 is 0. The van der Waals surface area contributed by atoms with Gasteiger partial charge in [-0.3, -0.25) is 9.78 Å². The highest BCUT2D eigenvalue weighted by molar-refractivity contribution is 5.97. The van der Waals surface area contributed by atoms with Gasteiger partial charge in [0.1, 0.15) is 11.5 Å². The van der Waals surface area contributed by atoms with Crippen molar-refractivity contribution in [1.29, 1.82) is 0 Å². The predicted molar refractivity (Wildman–Crippen MR) is 101 cm³/mol. The van der Waals surface area contributed by atoms with Crippen molar-refractivity contribution in [3.8, 4) is 22.4 Å². The van der Waals surface area contributed by atoms with Gasteiger partial charge >= 0.3 is 0 Å². The molecule has 8 heteroatoms. The van der Waals surface area contributed by atoms with Crippen LogP contribution >= 0.6 is 0 Å². The lowest BCUT2D eigenvalue weighted by atomic mass is 9.90. The standard InChI is InChI=1S/C21H16F3N5/c22-13-3-1-12(2-4-13)18-17(14-6-8-25-19-15(14)9-26-27-19)16-5-7-20(10-21(20,23)24)11-29(16)28-18/h1-4,6,8-9H,5,7,10-11H2,(H,25,26,27). The van der Waals surface area contributed by atoms with Crippen molar-refractivity contribution in [2.45, 2.75) is 31.7 Å². The van der Waals surface area contributed by atoms with Gasteiger partial charge in [-0.1, -0.05) is 0 Å². The van der Waals surface area contributed by atoms with Crippen LogP contribution in [-0.2, 0) is 13.0 Å². The summed E-state index contributed by atoms with van der Waals surface area (Å²) in [5, 5.41) is 12.5. The third kappa shape index (κ3) is 2.31. The van der Waals surface area contributed by atoms with Crippen molar-refractivity contribution >= 4 is 11.0 Å². The highest BCUT2D eigenvalue weighted by Crippen LogP contribution is 2.65. The molecule has 0 bridgehead atoms. The summed E-state index contributed by atoms with van der Waals surface area (Å²) in [5.74, 6) is -2.96. The molecule has 0 radical (unpaired) electrons. The van der Waals surface area contributed by atoms with E-state index < -0.39 is 11.3 Å². The van der Waals surface area contributed by atoms with E-state index in [0.717, 1.165) is 27.8 Å². The fraction of sp³-hybridized carbons (Fsp3) is 0.286. The molecule has 1 saturated carbocycles. The van der Waals surface area contributed by atoms with Gasteiger partial charge < -0.3 is 0 Å². The lowest BCUT2D eigenvalue weighted by Gasteiger charge is -2.24. The van der Waals surface area contributed by atoms with E-state index in [1.54, 1.807) is 29.2 Å². The smallest absolute Gasteiger partial charge is 0.256 e. The zero-order valence-electron chi connectivity index (χ0n) is 15.3. The molecule has 4 aromatic rings. The van der Waals surface area contributed by atoms with Crippen LogP contribution < -0.4 is 0 Å².